The van der Waals surface area contributed by atoms with Crippen LogP contribution in [0.1, 0.15) is 53.4 Å². The standard InChI is InChI=1S/C21H41N5O2.HI/c1-5-18(26-11-7-8-20(26)27)9-10-23-21(22-6-2)24-16-19(17(3)4)25-12-14-28-15-13-25;/h17-19H,5-16H2,1-4H3,(H2,22,23,24);1H. The van der Waals surface area contributed by atoms with Crippen LogP contribution in [0.25, 0.3) is 0 Å². The molecule has 170 valence electrons. The van der Waals surface area contributed by atoms with Gasteiger partial charge in [-0.15, -0.1) is 24.0 Å². The molecule has 8 heteroatoms. The van der Waals surface area contributed by atoms with Gasteiger partial charge in [-0.25, -0.2) is 0 Å². The number of guanidine groups is 1. The Morgan fingerprint density at radius 1 is 1.17 bits per heavy atom. The molecule has 1 amide bonds. The molecule has 2 saturated heterocycles. The number of carbonyl (C=O) groups is 1. The molecule has 7 nitrogen and oxygen atoms in total. The minimum Gasteiger partial charge on any atom is -0.379 e. The molecule has 0 aromatic heterocycles. The lowest BCUT2D eigenvalue weighted by Crippen LogP contribution is -2.48. The van der Waals surface area contributed by atoms with Gasteiger partial charge in [0.1, 0.15) is 0 Å². The normalized spacial score (nSPS) is 20.5. The zero-order valence-electron chi connectivity index (χ0n) is 18.8. The number of nitrogens with one attached hydrogen (secondary N) is 2. The fourth-order valence-electron chi connectivity index (χ4n) is 4.18. The number of likely N-dealkylation sites (tertiary alicyclic amines) is 1. The highest BCUT2D eigenvalue weighted by Gasteiger charge is 2.26. The highest BCUT2D eigenvalue weighted by atomic mass is 127. The molecule has 0 bridgehead atoms. The molecule has 2 aliphatic heterocycles. The fourth-order valence-corrected chi connectivity index (χ4v) is 4.18. The number of nitrogens with zero attached hydrogens (tertiary/aromatic N) is 3. The first-order valence-corrected chi connectivity index (χ1v) is 11.2. The molecule has 2 N–H and O–H groups in total. The summed E-state index contributed by atoms with van der Waals surface area (Å²) in [6.45, 7) is 15.8. The molecular formula is C21H42IN5O2. The second kappa shape index (κ2) is 14.4. The van der Waals surface area contributed by atoms with Gasteiger partial charge in [0, 0.05) is 51.2 Å². The van der Waals surface area contributed by atoms with Gasteiger partial charge in [0.25, 0.3) is 0 Å². The van der Waals surface area contributed by atoms with Crippen LogP contribution in [0.5, 0.6) is 0 Å². The molecular weight excluding hydrogens is 481 g/mol. The van der Waals surface area contributed by atoms with Crippen molar-refractivity contribution in [3.63, 3.8) is 0 Å². The third kappa shape index (κ3) is 8.57. The maximum absolute atomic E-state index is 12.0. The Morgan fingerprint density at radius 3 is 2.45 bits per heavy atom. The zero-order chi connectivity index (χ0) is 20.4. The number of aliphatic imine (C=N–C) groups is 1. The molecule has 2 atom stereocenters. The predicted molar refractivity (Wildman–Crippen MR) is 130 cm³/mol. The number of rotatable bonds is 10. The second-order valence-electron chi connectivity index (χ2n) is 8.15. The fraction of sp³-hybridized carbons (Fsp3) is 0.905. The minimum atomic E-state index is 0. The van der Waals surface area contributed by atoms with Crippen LogP contribution in [-0.2, 0) is 9.53 Å². The minimum absolute atomic E-state index is 0. The monoisotopic (exact) mass is 523 g/mol. The highest BCUT2D eigenvalue weighted by molar-refractivity contribution is 14.0. The van der Waals surface area contributed by atoms with Crippen LogP contribution in [0.3, 0.4) is 0 Å². The molecule has 0 aromatic rings. The van der Waals surface area contributed by atoms with Gasteiger partial charge in [0.15, 0.2) is 5.96 Å². The third-order valence-corrected chi connectivity index (χ3v) is 5.86. The van der Waals surface area contributed by atoms with Crippen LogP contribution in [-0.4, -0.2) is 86.2 Å². The molecule has 0 aliphatic carbocycles. The summed E-state index contributed by atoms with van der Waals surface area (Å²) in [7, 11) is 0. The number of morpholine rings is 1. The van der Waals surface area contributed by atoms with Crippen molar-refractivity contribution in [2.45, 2.75) is 65.5 Å². The van der Waals surface area contributed by atoms with Crippen molar-refractivity contribution < 1.29 is 9.53 Å². The highest BCUT2D eigenvalue weighted by Crippen LogP contribution is 2.17. The summed E-state index contributed by atoms with van der Waals surface area (Å²) in [5, 5.41) is 6.84. The van der Waals surface area contributed by atoms with Crippen molar-refractivity contribution in [2.75, 3.05) is 52.5 Å². The van der Waals surface area contributed by atoms with E-state index in [1.807, 2.05) is 0 Å². The summed E-state index contributed by atoms with van der Waals surface area (Å²) in [6, 6.07) is 0.770. The van der Waals surface area contributed by atoms with Gasteiger partial charge in [-0.1, -0.05) is 20.8 Å². The summed E-state index contributed by atoms with van der Waals surface area (Å²) < 4.78 is 5.50. The Bertz CT molecular complexity index is 497. The molecule has 0 spiro atoms. The van der Waals surface area contributed by atoms with E-state index >= 15 is 0 Å². The van der Waals surface area contributed by atoms with E-state index < -0.39 is 0 Å². The molecule has 2 fully saturated rings. The van der Waals surface area contributed by atoms with Gasteiger partial charge >= 0.3 is 0 Å². The van der Waals surface area contributed by atoms with Crippen LogP contribution in [0.2, 0.25) is 0 Å². The zero-order valence-corrected chi connectivity index (χ0v) is 21.1. The molecule has 2 rings (SSSR count). The average molecular weight is 524 g/mol. The molecule has 0 saturated carbocycles. The van der Waals surface area contributed by atoms with Crippen molar-refractivity contribution in [1.82, 2.24) is 20.4 Å². The van der Waals surface area contributed by atoms with Gasteiger partial charge in [-0.05, 0) is 32.1 Å². The molecule has 2 heterocycles. The lowest BCUT2D eigenvalue weighted by Gasteiger charge is -2.36. The van der Waals surface area contributed by atoms with Gasteiger partial charge in [-0.3, -0.25) is 14.7 Å². The Hall–Kier alpha value is -0.610. The molecule has 29 heavy (non-hydrogen) atoms. The van der Waals surface area contributed by atoms with Crippen molar-refractivity contribution in [2.24, 2.45) is 10.9 Å². The van der Waals surface area contributed by atoms with E-state index in [0.29, 0.717) is 30.3 Å². The second-order valence-corrected chi connectivity index (χ2v) is 8.15. The van der Waals surface area contributed by atoms with Crippen LogP contribution in [0.15, 0.2) is 4.99 Å². The maximum atomic E-state index is 12.0. The summed E-state index contributed by atoms with van der Waals surface area (Å²) in [6.07, 6.45) is 3.69. The average Bonchev–Trinajstić information content (AvgIpc) is 3.11. The summed E-state index contributed by atoms with van der Waals surface area (Å²) >= 11 is 0. The first kappa shape index (κ1) is 26.4. The van der Waals surface area contributed by atoms with E-state index in [1.54, 1.807) is 0 Å². The quantitative estimate of drug-likeness (QED) is 0.261. The predicted octanol–water partition coefficient (Wildman–Crippen LogP) is 2.31. The van der Waals surface area contributed by atoms with Crippen molar-refractivity contribution in [1.29, 1.82) is 0 Å². The van der Waals surface area contributed by atoms with Crippen molar-refractivity contribution in [3.05, 3.63) is 0 Å². The van der Waals surface area contributed by atoms with E-state index in [4.69, 9.17) is 9.73 Å². The molecule has 2 aliphatic rings. The molecule has 0 radical (unpaired) electrons. The SMILES string of the molecule is CCNC(=NCC(C(C)C)N1CCOCC1)NCCC(CC)N1CCCC1=O.I. The first-order valence-electron chi connectivity index (χ1n) is 11.2. The Labute approximate surface area is 194 Å². The Kier molecular flexibility index (Phi) is 13.1. The van der Waals surface area contributed by atoms with Gasteiger partial charge in [-0.2, -0.15) is 0 Å². The third-order valence-electron chi connectivity index (χ3n) is 5.86. The first-order chi connectivity index (χ1) is 13.6. The van der Waals surface area contributed by atoms with Crippen LogP contribution in [0, 0.1) is 5.92 Å². The maximum Gasteiger partial charge on any atom is 0.222 e. The van der Waals surface area contributed by atoms with Crippen LogP contribution < -0.4 is 10.6 Å². The van der Waals surface area contributed by atoms with Gasteiger partial charge in [0.2, 0.25) is 5.91 Å². The van der Waals surface area contributed by atoms with Crippen molar-refractivity contribution >= 4 is 35.8 Å². The van der Waals surface area contributed by atoms with E-state index in [-0.39, 0.29) is 24.0 Å². The summed E-state index contributed by atoms with van der Waals surface area (Å²) in [4.78, 5) is 21.5. The van der Waals surface area contributed by atoms with E-state index in [2.05, 4.69) is 48.1 Å². The lowest BCUT2D eigenvalue weighted by atomic mass is 10.0. The van der Waals surface area contributed by atoms with Crippen molar-refractivity contribution in [3.8, 4) is 0 Å². The number of amides is 1. The lowest BCUT2D eigenvalue weighted by molar-refractivity contribution is -0.129. The molecule has 0 aromatic carbocycles. The van der Waals surface area contributed by atoms with Crippen LogP contribution in [0.4, 0.5) is 0 Å². The Balaban J connectivity index is 0.00000420. The van der Waals surface area contributed by atoms with E-state index in [9.17, 15) is 4.79 Å². The molecule has 2 unspecified atom stereocenters. The number of halogens is 1. The largest absolute Gasteiger partial charge is 0.379 e. The number of hydrogen-bond acceptors (Lipinski definition) is 4. The number of ether oxygens (including phenoxy) is 1. The van der Waals surface area contributed by atoms with Gasteiger partial charge in [0.05, 0.1) is 19.8 Å². The number of hydrogen-bond donors (Lipinski definition) is 2. The van der Waals surface area contributed by atoms with Crippen LogP contribution >= 0.6 is 24.0 Å². The van der Waals surface area contributed by atoms with Gasteiger partial charge < -0.3 is 20.3 Å². The van der Waals surface area contributed by atoms with E-state index in [1.165, 1.54) is 0 Å². The summed E-state index contributed by atoms with van der Waals surface area (Å²) in [5.41, 5.74) is 0. The smallest absolute Gasteiger partial charge is 0.222 e. The topological polar surface area (TPSA) is 69.2 Å². The number of carbonyl (C=O) groups excluding carboxylic acids is 1. The summed E-state index contributed by atoms with van der Waals surface area (Å²) in [5.74, 6) is 1.75. The Morgan fingerprint density at radius 2 is 1.90 bits per heavy atom. The van der Waals surface area contributed by atoms with E-state index in [0.717, 1.165) is 77.7 Å².